The molecule has 0 amide bonds. The molecule has 0 aromatic rings. The van der Waals surface area contributed by atoms with Gasteiger partial charge < -0.3 is 10.2 Å². The minimum Gasteiger partial charge on any atom is -0.478 e. The van der Waals surface area contributed by atoms with Crippen LogP contribution < -0.4 is 0 Å². The highest BCUT2D eigenvalue weighted by Gasteiger charge is 2.07. The van der Waals surface area contributed by atoms with Crippen molar-refractivity contribution in [1.29, 1.82) is 0 Å². The molecule has 0 radical (unpaired) electrons. The highest BCUT2D eigenvalue weighted by atomic mass is 33.1. The maximum Gasteiger partial charge on any atom is 0.332 e. The van der Waals surface area contributed by atoms with Gasteiger partial charge >= 0.3 is 11.9 Å². The van der Waals surface area contributed by atoms with Crippen LogP contribution in [0.5, 0.6) is 0 Å². The molecular formula is C12H18O4S2. The lowest BCUT2D eigenvalue weighted by Crippen LogP contribution is -1.99. The summed E-state index contributed by atoms with van der Waals surface area (Å²) >= 11 is 0. The highest BCUT2D eigenvalue weighted by molar-refractivity contribution is 8.79. The quantitative estimate of drug-likeness (QED) is 0.381. The van der Waals surface area contributed by atoms with Gasteiger partial charge in [-0.1, -0.05) is 48.3 Å². The van der Waals surface area contributed by atoms with E-state index in [2.05, 4.69) is 0 Å². The van der Waals surface area contributed by atoms with Crippen molar-refractivity contribution in [1.82, 2.24) is 0 Å². The lowest BCUT2D eigenvalue weighted by atomic mass is 10.2. The maximum absolute atomic E-state index is 10.8. The minimum absolute atomic E-state index is 0.357. The van der Waals surface area contributed by atoms with Crippen molar-refractivity contribution >= 4 is 33.5 Å². The van der Waals surface area contributed by atoms with Crippen molar-refractivity contribution in [3.63, 3.8) is 0 Å². The Morgan fingerprint density at radius 3 is 1.44 bits per heavy atom. The van der Waals surface area contributed by atoms with Crippen molar-refractivity contribution in [3.8, 4) is 0 Å². The Morgan fingerprint density at radius 1 is 0.889 bits per heavy atom. The molecular weight excluding hydrogens is 272 g/mol. The van der Waals surface area contributed by atoms with E-state index in [1.807, 2.05) is 13.8 Å². The zero-order chi connectivity index (χ0) is 14.0. The SMILES string of the molecule is CCCC(=CSSC=C(CCC)C(=O)O)C(=O)O. The van der Waals surface area contributed by atoms with Crippen LogP contribution in [-0.4, -0.2) is 22.2 Å². The van der Waals surface area contributed by atoms with Gasteiger partial charge in [-0.3, -0.25) is 0 Å². The topological polar surface area (TPSA) is 74.6 Å². The molecule has 102 valence electrons. The Morgan fingerprint density at radius 2 is 1.22 bits per heavy atom. The number of carbonyl (C=O) groups is 2. The summed E-state index contributed by atoms with van der Waals surface area (Å²) in [6.07, 6.45) is 2.59. The molecule has 0 atom stereocenters. The molecule has 0 aliphatic rings. The second-order valence-corrected chi connectivity index (χ2v) is 5.60. The molecule has 0 spiro atoms. The van der Waals surface area contributed by atoms with E-state index in [9.17, 15) is 9.59 Å². The van der Waals surface area contributed by atoms with Crippen molar-refractivity contribution < 1.29 is 19.8 Å². The Labute approximate surface area is 115 Å². The first-order valence-corrected chi connectivity index (χ1v) is 7.97. The van der Waals surface area contributed by atoms with Crippen LogP contribution in [0, 0.1) is 0 Å². The van der Waals surface area contributed by atoms with Crippen LogP contribution in [0.15, 0.2) is 22.0 Å². The first-order chi connectivity index (χ1) is 8.52. The Bertz CT molecular complexity index is 314. The summed E-state index contributed by atoms with van der Waals surface area (Å²) in [4.78, 5) is 21.7. The smallest absolute Gasteiger partial charge is 0.332 e. The number of carboxylic acids is 2. The fourth-order valence-electron chi connectivity index (χ4n) is 1.14. The molecule has 0 unspecified atom stereocenters. The molecule has 0 fully saturated rings. The Hall–Kier alpha value is -0.880. The molecule has 0 bridgehead atoms. The summed E-state index contributed by atoms with van der Waals surface area (Å²) in [6.45, 7) is 3.83. The third kappa shape index (κ3) is 7.45. The van der Waals surface area contributed by atoms with Gasteiger partial charge in [-0.05, 0) is 23.7 Å². The summed E-state index contributed by atoms with van der Waals surface area (Å²) < 4.78 is 0. The average molecular weight is 290 g/mol. The summed E-state index contributed by atoms with van der Waals surface area (Å²) in [6, 6.07) is 0. The molecule has 0 aromatic carbocycles. The lowest BCUT2D eigenvalue weighted by molar-refractivity contribution is -0.133. The van der Waals surface area contributed by atoms with E-state index in [0.717, 1.165) is 12.8 Å². The molecule has 18 heavy (non-hydrogen) atoms. The van der Waals surface area contributed by atoms with Crippen LogP contribution in [0.2, 0.25) is 0 Å². The van der Waals surface area contributed by atoms with Crippen molar-refractivity contribution in [2.45, 2.75) is 39.5 Å². The Kier molecular flexibility index (Phi) is 9.59. The summed E-state index contributed by atoms with van der Waals surface area (Å²) in [5.41, 5.74) is 0.714. The van der Waals surface area contributed by atoms with Gasteiger partial charge in [0.25, 0.3) is 0 Å². The van der Waals surface area contributed by atoms with E-state index in [1.54, 1.807) is 10.8 Å². The standard InChI is InChI=1S/C12H18O4S2/c1-3-5-9(11(13)14)7-17-18-8-10(6-4-2)12(15)16/h7-8H,3-6H2,1-2H3,(H,13,14)(H,15,16). The zero-order valence-corrected chi connectivity index (χ0v) is 12.1. The maximum atomic E-state index is 10.8. The van der Waals surface area contributed by atoms with Gasteiger partial charge in [0, 0.05) is 11.1 Å². The zero-order valence-electron chi connectivity index (χ0n) is 10.5. The first-order valence-electron chi connectivity index (χ1n) is 5.69. The highest BCUT2D eigenvalue weighted by Crippen LogP contribution is 2.28. The molecule has 0 heterocycles. The predicted octanol–water partition coefficient (Wildman–Crippen LogP) is 3.91. The molecule has 4 nitrogen and oxygen atoms in total. The van der Waals surface area contributed by atoms with Crippen LogP contribution in [-0.2, 0) is 9.59 Å². The molecule has 6 heteroatoms. The first kappa shape index (κ1) is 17.1. The van der Waals surface area contributed by atoms with E-state index in [4.69, 9.17) is 10.2 Å². The second kappa shape index (κ2) is 10.1. The van der Waals surface area contributed by atoms with E-state index < -0.39 is 11.9 Å². The number of carboxylic acid groups (broad SMARTS) is 2. The normalized spacial score (nSPS) is 12.6. The van der Waals surface area contributed by atoms with Gasteiger partial charge in [-0.25, -0.2) is 9.59 Å². The van der Waals surface area contributed by atoms with E-state index in [-0.39, 0.29) is 0 Å². The number of rotatable bonds is 9. The van der Waals surface area contributed by atoms with Gasteiger partial charge in [0.05, 0.1) is 0 Å². The van der Waals surface area contributed by atoms with E-state index in [1.165, 1.54) is 21.6 Å². The van der Waals surface area contributed by atoms with Crippen LogP contribution >= 0.6 is 21.6 Å². The summed E-state index contributed by atoms with van der Waals surface area (Å²) in [5, 5.41) is 20.9. The molecule has 0 aromatic heterocycles. The van der Waals surface area contributed by atoms with Crippen LogP contribution in [0.4, 0.5) is 0 Å². The second-order valence-electron chi connectivity index (χ2n) is 3.59. The fourth-order valence-corrected chi connectivity index (χ4v) is 2.95. The molecule has 0 aliphatic carbocycles. The van der Waals surface area contributed by atoms with Gasteiger partial charge in [0.15, 0.2) is 0 Å². The lowest BCUT2D eigenvalue weighted by Gasteiger charge is -2.00. The molecule has 0 saturated carbocycles. The van der Waals surface area contributed by atoms with Crippen molar-refractivity contribution in [3.05, 3.63) is 22.0 Å². The van der Waals surface area contributed by atoms with E-state index in [0.29, 0.717) is 24.0 Å². The predicted molar refractivity (Wildman–Crippen MR) is 76.4 cm³/mol. The summed E-state index contributed by atoms with van der Waals surface area (Å²) in [5.74, 6) is -1.83. The van der Waals surface area contributed by atoms with Gasteiger partial charge in [0.2, 0.25) is 0 Å². The van der Waals surface area contributed by atoms with Gasteiger partial charge in [0.1, 0.15) is 0 Å². The van der Waals surface area contributed by atoms with Crippen molar-refractivity contribution in [2.24, 2.45) is 0 Å². The largest absolute Gasteiger partial charge is 0.478 e. The van der Waals surface area contributed by atoms with Crippen LogP contribution in [0.1, 0.15) is 39.5 Å². The average Bonchev–Trinajstić information content (AvgIpc) is 2.30. The van der Waals surface area contributed by atoms with Gasteiger partial charge in [-0.15, -0.1) is 0 Å². The third-order valence-corrected chi connectivity index (χ3v) is 3.81. The molecule has 0 aliphatic heterocycles. The monoisotopic (exact) mass is 290 g/mol. The molecule has 0 rings (SSSR count). The molecule has 2 N–H and O–H groups in total. The number of hydrogen-bond acceptors (Lipinski definition) is 4. The minimum atomic E-state index is -0.916. The number of aliphatic carboxylic acids is 2. The van der Waals surface area contributed by atoms with Crippen molar-refractivity contribution in [2.75, 3.05) is 0 Å². The number of hydrogen-bond donors (Lipinski definition) is 2. The third-order valence-electron chi connectivity index (χ3n) is 2.02. The molecule has 0 saturated heterocycles. The summed E-state index contributed by atoms with van der Waals surface area (Å²) in [7, 11) is 2.47. The van der Waals surface area contributed by atoms with E-state index >= 15 is 0 Å². The Balaban J connectivity index is 4.38. The fraction of sp³-hybridized carbons (Fsp3) is 0.500. The van der Waals surface area contributed by atoms with Crippen LogP contribution in [0.3, 0.4) is 0 Å². The van der Waals surface area contributed by atoms with Gasteiger partial charge in [-0.2, -0.15) is 0 Å². The van der Waals surface area contributed by atoms with Crippen LogP contribution in [0.25, 0.3) is 0 Å².